The monoisotopic (exact) mass is 358 g/mol. The van der Waals surface area contributed by atoms with Crippen molar-refractivity contribution in [3.63, 3.8) is 0 Å². The first-order valence-electron chi connectivity index (χ1n) is 8.42. The van der Waals surface area contributed by atoms with Gasteiger partial charge in [0.25, 0.3) is 0 Å². The summed E-state index contributed by atoms with van der Waals surface area (Å²) in [5, 5.41) is -0.291. The normalized spacial score (nSPS) is 18.6. The van der Waals surface area contributed by atoms with E-state index in [2.05, 4.69) is 0 Å². The van der Waals surface area contributed by atoms with E-state index in [-0.39, 0.29) is 29.2 Å². The molecule has 2 rings (SSSR count). The number of amides is 2. The predicted octanol–water partition coefficient (Wildman–Crippen LogP) is 3.26. The van der Waals surface area contributed by atoms with Gasteiger partial charge < -0.3 is 4.79 Å². The summed E-state index contributed by atoms with van der Waals surface area (Å²) in [6, 6.07) is 7.41. The molecule has 1 aliphatic heterocycles. The van der Waals surface area contributed by atoms with E-state index in [4.69, 9.17) is 0 Å². The molecule has 1 heterocycles. The van der Waals surface area contributed by atoms with Crippen LogP contribution in [0.15, 0.2) is 24.3 Å². The standard InChI is InChI=1S/C19H25BNO3S/c1-18(2,19(3,4)17(24)20-5)12-7-9-13(10-8-12)21-15(22)11-14(25-6)16(21)23/h7-10,14H,11H2,1-6H3. The second-order valence-corrected chi connectivity index (χ2v) is 8.49. The lowest BCUT2D eigenvalue weighted by molar-refractivity contribution is -0.122. The zero-order valence-electron chi connectivity index (χ0n) is 15.8. The number of nitrogens with zero attached hydrogens (tertiary/aromatic N) is 1. The summed E-state index contributed by atoms with van der Waals surface area (Å²) in [5.74, 6) is -0.312. The highest BCUT2D eigenvalue weighted by Crippen LogP contribution is 2.42. The number of carbonyl (C=O) groups is 3. The fraction of sp³-hybridized carbons (Fsp3) is 0.526. The highest BCUT2D eigenvalue weighted by Gasteiger charge is 2.43. The van der Waals surface area contributed by atoms with Crippen molar-refractivity contribution in [1.82, 2.24) is 0 Å². The fourth-order valence-electron chi connectivity index (χ4n) is 3.12. The van der Waals surface area contributed by atoms with Crippen molar-refractivity contribution in [1.29, 1.82) is 0 Å². The number of rotatable bonds is 6. The number of hydrogen-bond acceptors (Lipinski definition) is 4. The van der Waals surface area contributed by atoms with Gasteiger partial charge in [-0.05, 0) is 24.0 Å². The predicted molar refractivity (Wildman–Crippen MR) is 104 cm³/mol. The third kappa shape index (κ3) is 3.28. The minimum atomic E-state index is -0.563. The Balaban J connectivity index is 2.33. The van der Waals surface area contributed by atoms with Crippen LogP contribution in [0.1, 0.15) is 39.7 Å². The Bertz CT molecular complexity index is 697. The minimum absolute atomic E-state index is 0.0919. The fourth-order valence-corrected chi connectivity index (χ4v) is 3.73. The Hall–Kier alpha value is -1.56. The molecular weight excluding hydrogens is 333 g/mol. The van der Waals surface area contributed by atoms with E-state index in [1.54, 1.807) is 26.2 Å². The summed E-state index contributed by atoms with van der Waals surface area (Å²) in [6.07, 6.45) is 2.09. The van der Waals surface area contributed by atoms with Gasteiger partial charge in [-0.1, -0.05) is 46.7 Å². The number of anilines is 1. The molecule has 0 saturated carbocycles. The van der Waals surface area contributed by atoms with E-state index >= 15 is 0 Å². The molecule has 0 spiro atoms. The zero-order valence-corrected chi connectivity index (χ0v) is 16.6. The van der Waals surface area contributed by atoms with Gasteiger partial charge in [0.1, 0.15) is 0 Å². The van der Waals surface area contributed by atoms with E-state index < -0.39 is 10.8 Å². The molecule has 133 valence electrons. The number of thioether (sulfide) groups is 1. The van der Waals surface area contributed by atoms with E-state index in [9.17, 15) is 14.4 Å². The summed E-state index contributed by atoms with van der Waals surface area (Å²) in [4.78, 5) is 38.1. The Kier molecular flexibility index (Phi) is 5.52. The summed E-state index contributed by atoms with van der Waals surface area (Å²) in [5.41, 5.74) is 0.728. The van der Waals surface area contributed by atoms with Crippen molar-refractivity contribution >= 4 is 42.2 Å². The van der Waals surface area contributed by atoms with Gasteiger partial charge >= 0.3 is 0 Å². The van der Waals surface area contributed by atoms with Crippen molar-refractivity contribution in [2.24, 2.45) is 5.41 Å². The molecule has 1 fully saturated rings. The maximum atomic E-state index is 12.4. The zero-order chi connectivity index (χ0) is 19.0. The topological polar surface area (TPSA) is 54.5 Å². The average Bonchev–Trinajstić information content (AvgIpc) is 2.87. The van der Waals surface area contributed by atoms with Gasteiger partial charge in [-0.3, -0.25) is 9.59 Å². The molecule has 1 aromatic rings. The van der Waals surface area contributed by atoms with Gasteiger partial charge in [0.05, 0.1) is 16.6 Å². The molecule has 4 nitrogen and oxygen atoms in total. The Morgan fingerprint density at radius 3 is 2.16 bits per heavy atom. The van der Waals surface area contributed by atoms with E-state index in [1.165, 1.54) is 16.7 Å². The molecule has 1 aromatic carbocycles. The lowest BCUT2D eigenvalue weighted by Gasteiger charge is -2.41. The van der Waals surface area contributed by atoms with Crippen LogP contribution in [-0.2, 0) is 19.8 Å². The smallest absolute Gasteiger partial charge is 0.247 e. The molecular formula is C19H25BNO3S. The molecule has 2 amide bonds. The first kappa shape index (κ1) is 19.8. The maximum absolute atomic E-state index is 12.4. The first-order chi connectivity index (χ1) is 11.6. The van der Waals surface area contributed by atoms with Gasteiger partial charge in [0.15, 0.2) is 7.28 Å². The highest BCUT2D eigenvalue weighted by atomic mass is 32.2. The van der Waals surface area contributed by atoms with Crippen LogP contribution in [-0.4, -0.2) is 36.3 Å². The van der Waals surface area contributed by atoms with Crippen LogP contribution in [0.25, 0.3) is 0 Å². The first-order valence-corrected chi connectivity index (χ1v) is 9.70. The largest absolute Gasteiger partial charge is 0.311 e. The average molecular weight is 358 g/mol. The van der Waals surface area contributed by atoms with Crippen molar-refractivity contribution in [2.45, 2.75) is 51.6 Å². The number of imide groups is 1. The summed E-state index contributed by atoms with van der Waals surface area (Å²) in [7, 11) is 1.61. The van der Waals surface area contributed by atoms with Gasteiger partial charge in [0.2, 0.25) is 11.8 Å². The Morgan fingerprint density at radius 2 is 1.72 bits per heavy atom. The second-order valence-electron chi connectivity index (χ2n) is 7.45. The van der Waals surface area contributed by atoms with Crippen LogP contribution in [0.5, 0.6) is 0 Å². The molecule has 0 aromatic heterocycles. The molecule has 0 aliphatic carbocycles. The number of hydrogen-bond donors (Lipinski definition) is 0. The Labute approximate surface area is 155 Å². The van der Waals surface area contributed by atoms with Crippen LogP contribution in [0.4, 0.5) is 5.69 Å². The SMILES string of the molecule is C[B]C(=O)C(C)(C)C(C)(C)c1ccc(N2C(=O)CC(SC)C2=O)cc1. The Morgan fingerprint density at radius 1 is 1.16 bits per heavy atom. The van der Waals surface area contributed by atoms with Crippen LogP contribution in [0, 0.1) is 5.41 Å². The number of benzene rings is 1. The van der Waals surface area contributed by atoms with Crippen LogP contribution < -0.4 is 4.90 Å². The molecule has 0 N–H and O–H groups in total. The molecule has 0 bridgehead atoms. The third-order valence-electron chi connectivity index (χ3n) is 5.68. The molecule has 1 unspecified atom stereocenters. The van der Waals surface area contributed by atoms with Crippen molar-refractivity contribution in [3.05, 3.63) is 29.8 Å². The molecule has 6 heteroatoms. The summed E-state index contributed by atoms with van der Waals surface area (Å²) < 4.78 is 0. The molecule has 25 heavy (non-hydrogen) atoms. The van der Waals surface area contributed by atoms with Gasteiger partial charge in [-0.2, -0.15) is 11.8 Å². The molecule has 1 radical (unpaired) electrons. The van der Waals surface area contributed by atoms with Crippen LogP contribution in [0.2, 0.25) is 6.82 Å². The lowest BCUT2D eigenvalue weighted by atomic mass is 9.53. The van der Waals surface area contributed by atoms with Gasteiger partial charge in [-0.25, -0.2) is 4.90 Å². The molecule has 1 saturated heterocycles. The van der Waals surface area contributed by atoms with Crippen molar-refractivity contribution < 1.29 is 14.4 Å². The summed E-state index contributed by atoms with van der Waals surface area (Å²) in [6.45, 7) is 9.73. The summed E-state index contributed by atoms with van der Waals surface area (Å²) >= 11 is 1.41. The van der Waals surface area contributed by atoms with Crippen molar-refractivity contribution in [2.75, 3.05) is 11.2 Å². The quantitative estimate of drug-likeness (QED) is 0.579. The minimum Gasteiger partial charge on any atom is -0.311 e. The number of carbonyl (C=O) groups excluding carboxylic acids is 3. The second kappa shape index (κ2) is 6.98. The van der Waals surface area contributed by atoms with E-state index in [0.29, 0.717) is 5.69 Å². The van der Waals surface area contributed by atoms with E-state index in [0.717, 1.165) is 5.56 Å². The van der Waals surface area contributed by atoms with Crippen LogP contribution in [0.3, 0.4) is 0 Å². The van der Waals surface area contributed by atoms with Crippen molar-refractivity contribution in [3.8, 4) is 0 Å². The van der Waals surface area contributed by atoms with E-state index in [1.807, 2.05) is 46.1 Å². The highest BCUT2D eigenvalue weighted by molar-refractivity contribution is 8.00. The molecule has 1 atom stereocenters. The van der Waals surface area contributed by atoms with Gasteiger partial charge in [0, 0.05) is 17.3 Å². The third-order valence-corrected chi connectivity index (χ3v) is 6.61. The maximum Gasteiger partial charge on any atom is 0.247 e. The van der Waals surface area contributed by atoms with Crippen LogP contribution >= 0.6 is 11.8 Å². The molecule has 1 aliphatic rings. The lowest BCUT2D eigenvalue weighted by Crippen LogP contribution is -2.44. The van der Waals surface area contributed by atoms with Gasteiger partial charge in [-0.15, -0.1) is 0 Å².